The van der Waals surface area contributed by atoms with E-state index in [1.54, 1.807) is 13.2 Å². The number of halogens is 1. The molecule has 3 rings (SSSR count). The lowest BCUT2D eigenvalue weighted by atomic mass is 10.00. The number of rotatable bonds is 3. The molecular formula is C15H20FNO2. The van der Waals surface area contributed by atoms with Gasteiger partial charge in [-0.2, -0.15) is 0 Å². The number of benzene rings is 1. The summed E-state index contributed by atoms with van der Waals surface area (Å²) in [5.41, 5.74) is 0.851. The van der Waals surface area contributed by atoms with Gasteiger partial charge in [0.15, 0.2) is 11.6 Å². The number of nitrogens with one attached hydrogen (secondary N) is 1. The molecule has 0 amide bonds. The Morgan fingerprint density at radius 2 is 2.05 bits per heavy atom. The second kappa shape index (κ2) is 5.37. The van der Waals surface area contributed by atoms with Crippen molar-refractivity contribution in [3.8, 4) is 11.5 Å². The van der Waals surface area contributed by atoms with Crippen LogP contribution in [0.15, 0.2) is 12.1 Å². The summed E-state index contributed by atoms with van der Waals surface area (Å²) >= 11 is 0. The minimum atomic E-state index is -0.296. The van der Waals surface area contributed by atoms with Gasteiger partial charge in [-0.3, -0.25) is 0 Å². The fraction of sp³-hybridized carbons (Fsp3) is 0.600. The van der Waals surface area contributed by atoms with Crippen molar-refractivity contribution in [1.29, 1.82) is 0 Å². The van der Waals surface area contributed by atoms with E-state index < -0.39 is 0 Å². The lowest BCUT2D eigenvalue weighted by Crippen LogP contribution is -2.44. The molecule has 2 aliphatic rings. The monoisotopic (exact) mass is 265 g/mol. The van der Waals surface area contributed by atoms with Crippen molar-refractivity contribution in [3.05, 3.63) is 23.5 Å². The Bertz CT molecular complexity index is 458. The number of fused-ring (bicyclic) bond motifs is 1. The highest BCUT2D eigenvalue weighted by molar-refractivity contribution is 5.47. The average Bonchev–Trinajstić information content (AvgIpc) is 2.92. The Kier molecular flexibility index (Phi) is 3.60. The molecule has 1 fully saturated rings. The lowest BCUT2D eigenvalue weighted by Gasteiger charge is -2.29. The molecule has 104 valence electrons. The Hall–Kier alpha value is -1.29. The van der Waals surface area contributed by atoms with Crippen molar-refractivity contribution >= 4 is 0 Å². The van der Waals surface area contributed by atoms with Crippen molar-refractivity contribution in [2.24, 2.45) is 0 Å². The molecule has 0 aromatic heterocycles. The number of methoxy groups -OCH3 is 1. The third-order valence-electron chi connectivity index (χ3n) is 4.10. The van der Waals surface area contributed by atoms with Crippen LogP contribution in [0.5, 0.6) is 11.5 Å². The summed E-state index contributed by atoms with van der Waals surface area (Å²) in [6.45, 7) is 0.535. The largest absolute Gasteiger partial charge is 0.496 e. The predicted octanol–water partition coefficient (Wildman–Crippen LogP) is 2.67. The predicted molar refractivity (Wildman–Crippen MR) is 71.3 cm³/mol. The summed E-state index contributed by atoms with van der Waals surface area (Å²) in [6.07, 6.45) is 5.86. The zero-order valence-electron chi connectivity index (χ0n) is 11.2. The minimum Gasteiger partial charge on any atom is -0.496 e. The van der Waals surface area contributed by atoms with Crippen LogP contribution in [0.3, 0.4) is 0 Å². The molecule has 1 atom stereocenters. The number of hydrogen-bond acceptors (Lipinski definition) is 3. The van der Waals surface area contributed by atoms with Crippen LogP contribution in [0.2, 0.25) is 0 Å². The van der Waals surface area contributed by atoms with E-state index in [-0.39, 0.29) is 11.9 Å². The molecule has 1 N–H and O–H groups in total. The molecule has 1 aliphatic heterocycles. The smallest absolute Gasteiger partial charge is 0.165 e. The summed E-state index contributed by atoms with van der Waals surface area (Å²) in [4.78, 5) is 0. The first-order valence-corrected chi connectivity index (χ1v) is 7.02. The van der Waals surface area contributed by atoms with Crippen LogP contribution < -0.4 is 14.8 Å². The summed E-state index contributed by atoms with van der Waals surface area (Å²) in [5.74, 6) is 0.785. The normalized spacial score (nSPS) is 22.9. The van der Waals surface area contributed by atoms with Gasteiger partial charge in [0.1, 0.15) is 12.4 Å². The maximum Gasteiger partial charge on any atom is 0.165 e. The number of ether oxygens (including phenoxy) is 2. The molecule has 3 nitrogen and oxygen atoms in total. The van der Waals surface area contributed by atoms with Gasteiger partial charge >= 0.3 is 0 Å². The van der Waals surface area contributed by atoms with Crippen LogP contribution in [-0.2, 0) is 6.42 Å². The lowest BCUT2D eigenvalue weighted by molar-refractivity contribution is 0.214. The Morgan fingerprint density at radius 1 is 1.26 bits per heavy atom. The van der Waals surface area contributed by atoms with Crippen LogP contribution in [0.4, 0.5) is 4.39 Å². The molecular weight excluding hydrogens is 245 g/mol. The highest BCUT2D eigenvalue weighted by atomic mass is 19.1. The maximum atomic E-state index is 13.7. The van der Waals surface area contributed by atoms with E-state index in [4.69, 9.17) is 9.47 Å². The molecule has 0 bridgehead atoms. The summed E-state index contributed by atoms with van der Waals surface area (Å²) < 4.78 is 24.6. The van der Waals surface area contributed by atoms with Gasteiger partial charge in [0.2, 0.25) is 0 Å². The highest BCUT2D eigenvalue weighted by Crippen LogP contribution is 2.35. The van der Waals surface area contributed by atoms with Crippen LogP contribution in [-0.4, -0.2) is 25.8 Å². The fourth-order valence-corrected chi connectivity index (χ4v) is 3.14. The summed E-state index contributed by atoms with van der Waals surface area (Å²) in [5, 5.41) is 3.63. The quantitative estimate of drug-likeness (QED) is 0.911. The SMILES string of the molecule is COc1ccc(F)c2c1C[C@@H](NC1CCCC1)CO2. The van der Waals surface area contributed by atoms with Gasteiger partial charge in [0.05, 0.1) is 7.11 Å². The van der Waals surface area contributed by atoms with Crippen LogP contribution in [0, 0.1) is 5.82 Å². The molecule has 1 aromatic rings. The van der Waals surface area contributed by atoms with Gasteiger partial charge in [-0.1, -0.05) is 12.8 Å². The van der Waals surface area contributed by atoms with Gasteiger partial charge < -0.3 is 14.8 Å². The summed E-state index contributed by atoms with van der Waals surface area (Å²) in [7, 11) is 1.61. The van der Waals surface area contributed by atoms with E-state index in [1.165, 1.54) is 31.7 Å². The Balaban J connectivity index is 1.76. The van der Waals surface area contributed by atoms with E-state index in [9.17, 15) is 4.39 Å². The third kappa shape index (κ3) is 2.54. The van der Waals surface area contributed by atoms with Crippen LogP contribution in [0.1, 0.15) is 31.2 Å². The van der Waals surface area contributed by atoms with Gasteiger partial charge in [-0.15, -0.1) is 0 Å². The molecule has 1 saturated carbocycles. The first-order chi connectivity index (χ1) is 9.28. The topological polar surface area (TPSA) is 30.5 Å². The third-order valence-corrected chi connectivity index (χ3v) is 4.10. The fourth-order valence-electron chi connectivity index (χ4n) is 3.14. The average molecular weight is 265 g/mol. The minimum absolute atomic E-state index is 0.256. The second-order valence-corrected chi connectivity index (χ2v) is 5.42. The standard InChI is InChI=1S/C15H20FNO2/c1-18-14-7-6-13(16)15-12(14)8-11(9-19-15)17-10-4-2-3-5-10/h6-7,10-11,17H,2-5,8-9H2,1H3/t11-/m1/s1. The van der Waals surface area contributed by atoms with Gasteiger partial charge in [-0.25, -0.2) is 4.39 Å². The molecule has 1 aliphatic carbocycles. The molecule has 19 heavy (non-hydrogen) atoms. The highest BCUT2D eigenvalue weighted by Gasteiger charge is 2.28. The van der Waals surface area contributed by atoms with Gasteiger partial charge in [0, 0.05) is 17.6 Å². The molecule has 0 unspecified atom stereocenters. The van der Waals surface area contributed by atoms with Crippen LogP contribution in [0.25, 0.3) is 0 Å². The Morgan fingerprint density at radius 3 is 2.79 bits per heavy atom. The molecule has 0 spiro atoms. The first-order valence-electron chi connectivity index (χ1n) is 7.02. The maximum absolute atomic E-state index is 13.7. The second-order valence-electron chi connectivity index (χ2n) is 5.42. The Labute approximate surface area is 113 Å². The first kappa shape index (κ1) is 12.7. The van der Waals surface area contributed by atoms with Gasteiger partial charge in [0.25, 0.3) is 0 Å². The summed E-state index contributed by atoms with van der Waals surface area (Å²) in [6, 6.07) is 3.93. The van der Waals surface area contributed by atoms with Gasteiger partial charge in [-0.05, 0) is 31.4 Å². The zero-order valence-corrected chi connectivity index (χ0v) is 11.2. The van der Waals surface area contributed by atoms with Crippen molar-refractivity contribution in [3.63, 3.8) is 0 Å². The van der Waals surface area contributed by atoms with E-state index in [1.807, 2.05) is 0 Å². The van der Waals surface area contributed by atoms with Crippen molar-refractivity contribution in [1.82, 2.24) is 5.32 Å². The molecule has 1 aromatic carbocycles. The van der Waals surface area contributed by atoms with E-state index in [0.29, 0.717) is 24.1 Å². The molecule has 0 radical (unpaired) electrons. The molecule has 4 heteroatoms. The molecule has 1 heterocycles. The van der Waals surface area contributed by atoms with Crippen molar-refractivity contribution < 1.29 is 13.9 Å². The van der Waals surface area contributed by atoms with E-state index >= 15 is 0 Å². The molecule has 0 saturated heterocycles. The van der Waals surface area contributed by atoms with E-state index in [0.717, 1.165) is 12.0 Å². The number of hydrogen-bond donors (Lipinski definition) is 1. The zero-order chi connectivity index (χ0) is 13.2. The van der Waals surface area contributed by atoms with Crippen molar-refractivity contribution in [2.45, 2.75) is 44.2 Å². The van der Waals surface area contributed by atoms with Crippen LogP contribution >= 0.6 is 0 Å². The van der Waals surface area contributed by atoms with Crippen molar-refractivity contribution in [2.75, 3.05) is 13.7 Å². The van der Waals surface area contributed by atoms with E-state index in [2.05, 4.69) is 5.32 Å².